The molecule has 1 aromatic heterocycles. The second-order valence-electron chi connectivity index (χ2n) is 4.97. The SMILES string of the molecule is CN(C)C(Br)(c1ccccc1)C(Br)Cc1cccnc1. The van der Waals surface area contributed by atoms with Crippen LogP contribution in [0.3, 0.4) is 0 Å². The van der Waals surface area contributed by atoms with Crippen molar-refractivity contribution in [1.82, 2.24) is 9.88 Å². The largest absolute Gasteiger partial charge is 0.290 e. The summed E-state index contributed by atoms with van der Waals surface area (Å²) in [6.07, 6.45) is 4.62. The van der Waals surface area contributed by atoms with Crippen LogP contribution in [0.5, 0.6) is 0 Å². The van der Waals surface area contributed by atoms with Crippen LogP contribution in [0.15, 0.2) is 54.9 Å². The summed E-state index contributed by atoms with van der Waals surface area (Å²) in [5, 5.41) is 0. The van der Waals surface area contributed by atoms with Gasteiger partial charge in [0.1, 0.15) is 4.45 Å². The van der Waals surface area contributed by atoms with E-state index in [4.69, 9.17) is 0 Å². The molecule has 2 rings (SSSR count). The van der Waals surface area contributed by atoms with E-state index in [1.165, 1.54) is 11.1 Å². The van der Waals surface area contributed by atoms with Gasteiger partial charge in [-0.05, 0) is 37.7 Å². The normalized spacial score (nSPS) is 15.8. The van der Waals surface area contributed by atoms with E-state index in [1.54, 1.807) is 6.20 Å². The van der Waals surface area contributed by atoms with Crippen LogP contribution < -0.4 is 0 Å². The minimum Gasteiger partial charge on any atom is -0.290 e. The van der Waals surface area contributed by atoms with Crippen molar-refractivity contribution < 1.29 is 0 Å². The van der Waals surface area contributed by atoms with E-state index in [-0.39, 0.29) is 9.28 Å². The van der Waals surface area contributed by atoms with Crippen molar-refractivity contribution in [1.29, 1.82) is 0 Å². The molecule has 106 valence electrons. The van der Waals surface area contributed by atoms with Crippen molar-refractivity contribution in [3.05, 3.63) is 66.0 Å². The Kier molecular flexibility index (Phi) is 5.35. The van der Waals surface area contributed by atoms with Gasteiger partial charge in [0.15, 0.2) is 0 Å². The molecule has 2 unspecified atom stereocenters. The summed E-state index contributed by atoms with van der Waals surface area (Å²) in [6.45, 7) is 0. The molecular weight excluding hydrogens is 380 g/mol. The Morgan fingerprint density at radius 2 is 1.85 bits per heavy atom. The molecule has 0 fully saturated rings. The molecule has 20 heavy (non-hydrogen) atoms. The Hall–Kier alpha value is -0.710. The topological polar surface area (TPSA) is 16.1 Å². The first-order valence-corrected chi connectivity index (χ1v) is 8.21. The van der Waals surface area contributed by atoms with Crippen LogP contribution >= 0.6 is 31.9 Å². The number of rotatable bonds is 5. The summed E-state index contributed by atoms with van der Waals surface area (Å²) < 4.78 is -0.260. The zero-order chi connectivity index (χ0) is 14.6. The molecule has 2 aromatic rings. The number of benzene rings is 1. The molecule has 0 aliphatic carbocycles. The minimum atomic E-state index is -0.260. The molecule has 0 radical (unpaired) electrons. The van der Waals surface area contributed by atoms with Crippen molar-refractivity contribution in [2.45, 2.75) is 15.7 Å². The van der Waals surface area contributed by atoms with Crippen LogP contribution in [0.25, 0.3) is 0 Å². The number of alkyl halides is 2. The van der Waals surface area contributed by atoms with Gasteiger partial charge in [-0.3, -0.25) is 9.88 Å². The van der Waals surface area contributed by atoms with Gasteiger partial charge in [0, 0.05) is 12.4 Å². The van der Waals surface area contributed by atoms with Crippen LogP contribution in [-0.2, 0) is 10.9 Å². The van der Waals surface area contributed by atoms with Crippen LogP contribution in [0.1, 0.15) is 11.1 Å². The Balaban J connectivity index is 2.29. The van der Waals surface area contributed by atoms with E-state index < -0.39 is 0 Å². The number of pyridine rings is 1. The van der Waals surface area contributed by atoms with Gasteiger partial charge < -0.3 is 0 Å². The Bertz CT molecular complexity index is 531. The highest BCUT2D eigenvalue weighted by Gasteiger charge is 2.38. The minimum absolute atomic E-state index is 0.219. The number of nitrogens with zero attached hydrogens (tertiary/aromatic N) is 2. The van der Waals surface area contributed by atoms with Gasteiger partial charge >= 0.3 is 0 Å². The first kappa shape index (κ1) is 15.7. The highest BCUT2D eigenvalue weighted by Crippen LogP contribution is 2.41. The maximum atomic E-state index is 4.19. The molecular formula is C16H18Br2N2. The van der Waals surface area contributed by atoms with E-state index >= 15 is 0 Å². The van der Waals surface area contributed by atoms with Gasteiger partial charge in [0.25, 0.3) is 0 Å². The zero-order valence-electron chi connectivity index (χ0n) is 11.6. The van der Waals surface area contributed by atoms with E-state index in [1.807, 2.05) is 18.3 Å². The summed E-state index contributed by atoms with van der Waals surface area (Å²) in [5.41, 5.74) is 2.45. The van der Waals surface area contributed by atoms with Gasteiger partial charge in [-0.15, -0.1) is 0 Å². The van der Waals surface area contributed by atoms with Gasteiger partial charge in [-0.2, -0.15) is 0 Å². The Morgan fingerprint density at radius 1 is 1.15 bits per heavy atom. The van der Waals surface area contributed by atoms with E-state index in [2.05, 4.69) is 86.2 Å². The predicted octanol–water partition coefficient (Wildman–Crippen LogP) is 4.20. The zero-order valence-corrected chi connectivity index (χ0v) is 14.8. The average molecular weight is 398 g/mol. The van der Waals surface area contributed by atoms with E-state index in [9.17, 15) is 0 Å². The molecule has 2 atom stereocenters. The van der Waals surface area contributed by atoms with E-state index in [0.29, 0.717) is 0 Å². The molecule has 1 aromatic carbocycles. The monoisotopic (exact) mass is 396 g/mol. The molecule has 0 saturated carbocycles. The van der Waals surface area contributed by atoms with Crippen molar-refractivity contribution in [3.8, 4) is 0 Å². The predicted molar refractivity (Wildman–Crippen MR) is 91.4 cm³/mol. The number of hydrogen-bond acceptors (Lipinski definition) is 2. The van der Waals surface area contributed by atoms with Crippen LogP contribution in [-0.4, -0.2) is 28.8 Å². The third-order valence-electron chi connectivity index (χ3n) is 3.38. The first-order chi connectivity index (χ1) is 9.55. The van der Waals surface area contributed by atoms with Crippen LogP contribution in [0.4, 0.5) is 0 Å². The van der Waals surface area contributed by atoms with Gasteiger partial charge in [-0.1, -0.05) is 68.3 Å². The summed E-state index contributed by atoms with van der Waals surface area (Å²) in [6, 6.07) is 14.5. The van der Waals surface area contributed by atoms with Crippen LogP contribution in [0, 0.1) is 0 Å². The second kappa shape index (κ2) is 6.83. The first-order valence-electron chi connectivity index (χ1n) is 6.50. The van der Waals surface area contributed by atoms with Crippen LogP contribution in [0.2, 0.25) is 0 Å². The molecule has 0 saturated heterocycles. The Labute approximate surface area is 137 Å². The maximum Gasteiger partial charge on any atom is 0.115 e. The van der Waals surface area contributed by atoms with Gasteiger partial charge in [0.2, 0.25) is 0 Å². The lowest BCUT2D eigenvalue weighted by molar-refractivity contribution is 0.262. The summed E-state index contributed by atoms with van der Waals surface area (Å²) in [7, 11) is 4.17. The lowest BCUT2D eigenvalue weighted by Gasteiger charge is -2.39. The van der Waals surface area contributed by atoms with Crippen molar-refractivity contribution in [2.24, 2.45) is 0 Å². The van der Waals surface area contributed by atoms with Crippen molar-refractivity contribution in [2.75, 3.05) is 14.1 Å². The quantitative estimate of drug-likeness (QED) is 0.555. The fourth-order valence-electron chi connectivity index (χ4n) is 2.25. The molecule has 0 spiro atoms. The van der Waals surface area contributed by atoms with Crippen molar-refractivity contribution in [3.63, 3.8) is 0 Å². The molecule has 1 heterocycles. The third-order valence-corrected chi connectivity index (χ3v) is 6.70. The summed E-state index contributed by atoms with van der Waals surface area (Å²) in [5.74, 6) is 0. The molecule has 2 nitrogen and oxygen atoms in total. The lowest BCUT2D eigenvalue weighted by atomic mass is 9.98. The average Bonchev–Trinajstić information content (AvgIpc) is 2.48. The molecule has 0 aliphatic heterocycles. The molecule has 0 aliphatic rings. The van der Waals surface area contributed by atoms with E-state index in [0.717, 1.165) is 6.42 Å². The third kappa shape index (κ3) is 3.30. The molecule has 4 heteroatoms. The second-order valence-corrected chi connectivity index (χ2v) is 7.28. The van der Waals surface area contributed by atoms with Gasteiger partial charge in [0.05, 0.1) is 4.83 Å². The fourth-order valence-corrected chi connectivity index (χ4v) is 3.73. The molecule has 0 amide bonds. The Morgan fingerprint density at radius 3 is 2.40 bits per heavy atom. The maximum absolute atomic E-state index is 4.19. The number of halogens is 2. The van der Waals surface area contributed by atoms with Crippen molar-refractivity contribution >= 4 is 31.9 Å². The molecule has 0 N–H and O–H groups in total. The number of aromatic nitrogens is 1. The molecule has 0 bridgehead atoms. The highest BCUT2D eigenvalue weighted by atomic mass is 79.9. The smallest absolute Gasteiger partial charge is 0.115 e. The summed E-state index contributed by atoms with van der Waals surface area (Å²) in [4.78, 5) is 6.60. The number of hydrogen-bond donors (Lipinski definition) is 0. The van der Waals surface area contributed by atoms with Gasteiger partial charge in [-0.25, -0.2) is 0 Å². The lowest BCUT2D eigenvalue weighted by Crippen LogP contribution is -2.44. The summed E-state index contributed by atoms with van der Waals surface area (Å²) >= 11 is 7.80. The fraction of sp³-hybridized carbons (Fsp3) is 0.312. The highest BCUT2D eigenvalue weighted by molar-refractivity contribution is 9.12. The standard InChI is InChI=1S/C16H18Br2N2/c1-20(2)16(18,14-8-4-3-5-9-14)15(17)11-13-7-6-10-19-12-13/h3-10,12,15H,11H2,1-2H3.